The van der Waals surface area contributed by atoms with Gasteiger partial charge >= 0.3 is 0 Å². The van der Waals surface area contributed by atoms with Crippen LogP contribution in [0.2, 0.25) is 0 Å². The van der Waals surface area contributed by atoms with E-state index in [2.05, 4.69) is 70.9 Å². The maximum atomic E-state index is 12.9. The third-order valence-electron chi connectivity index (χ3n) is 6.19. The Bertz CT molecular complexity index is 722. The Kier molecular flexibility index (Phi) is 5.07. The minimum Gasteiger partial charge on any atom is -0.335 e. The molecule has 26 heavy (non-hydrogen) atoms. The van der Waals surface area contributed by atoms with Crippen LogP contribution in [0.3, 0.4) is 0 Å². The first-order chi connectivity index (χ1) is 12.8. The number of hydrogen-bond donors (Lipinski definition) is 1. The van der Waals surface area contributed by atoms with Gasteiger partial charge in [-0.3, -0.25) is 4.79 Å². The van der Waals surface area contributed by atoms with Gasteiger partial charge in [0.05, 0.1) is 6.04 Å². The standard InChI is InChI=1S/C23H28N2O/c26-22-11-12-23(13-15-24-16-14-23)18-25(22)21(20-9-5-2-6-10-20)17-19-7-3-1-4-8-19/h1-10,21,24H,11-18H2/t21-/m0/s1. The Labute approximate surface area is 156 Å². The molecule has 2 aliphatic rings. The van der Waals surface area contributed by atoms with E-state index < -0.39 is 0 Å². The predicted octanol–water partition coefficient (Wildman–Crippen LogP) is 3.96. The fourth-order valence-electron chi connectivity index (χ4n) is 4.61. The highest BCUT2D eigenvalue weighted by Gasteiger charge is 2.41. The van der Waals surface area contributed by atoms with Crippen molar-refractivity contribution in [2.75, 3.05) is 19.6 Å². The highest BCUT2D eigenvalue weighted by molar-refractivity contribution is 5.78. The van der Waals surface area contributed by atoms with Crippen LogP contribution >= 0.6 is 0 Å². The molecule has 0 unspecified atom stereocenters. The molecule has 0 aromatic heterocycles. The number of nitrogens with one attached hydrogen (secondary N) is 1. The second-order valence-electron chi connectivity index (χ2n) is 7.89. The van der Waals surface area contributed by atoms with E-state index in [1.165, 1.54) is 24.0 Å². The quantitative estimate of drug-likeness (QED) is 0.907. The maximum absolute atomic E-state index is 12.9. The number of amides is 1. The average molecular weight is 348 g/mol. The molecule has 136 valence electrons. The summed E-state index contributed by atoms with van der Waals surface area (Å²) in [4.78, 5) is 15.1. The van der Waals surface area contributed by atoms with Gasteiger partial charge in [0, 0.05) is 13.0 Å². The van der Waals surface area contributed by atoms with Crippen LogP contribution in [-0.2, 0) is 11.2 Å². The molecule has 1 atom stereocenters. The Morgan fingerprint density at radius 3 is 2.27 bits per heavy atom. The molecular weight excluding hydrogens is 320 g/mol. The fraction of sp³-hybridized carbons (Fsp3) is 0.435. The van der Waals surface area contributed by atoms with Gasteiger partial charge in [-0.05, 0) is 55.3 Å². The van der Waals surface area contributed by atoms with Crippen molar-refractivity contribution < 1.29 is 4.79 Å². The minimum atomic E-state index is 0.123. The zero-order chi connectivity index (χ0) is 17.8. The van der Waals surface area contributed by atoms with E-state index in [1.807, 2.05) is 0 Å². The molecule has 2 saturated heterocycles. The maximum Gasteiger partial charge on any atom is 0.223 e. The Morgan fingerprint density at radius 1 is 0.923 bits per heavy atom. The molecule has 1 amide bonds. The topological polar surface area (TPSA) is 32.3 Å². The van der Waals surface area contributed by atoms with E-state index in [9.17, 15) is 4.79 Å². The number of likely N-dealkylation sites (tertiary alicyclic amines) is 1. The molecule has 0 aliphatic carbocycles. The van der Waals surface area contributed by atoms with Crippen molar-refractivity contribution in [1.82, 2.24) is 10.2 Å². The molecule has 2 aromatic carbocycles. The van der Waals surface area contributed by atoms with Gasteiger partial charge in [-0.1, -0.05) is 60.7 Å². The van der Waals surface area contributed by atoms with Crippen LogP contribution in [0.1, 0.15) is 42.9 Å². The second kappa shape index (κ2) is 7.63. The second-order valence-corrected chi connectivity index (χ2v) is 7.89. The number of carbonyl (C=O) groups is 1. The number of rotatable bonds is 4. The Morgan fingerprint density at radius 2 is 1.58 bits per heavy atom. The van der Waals surface area contributed by atoms with Crippen LogP contribution < -0.4 is 5.32 Å². The minimum absolute atomic E-state index is 0.123. The van der Waals surface area contributed by atoms with E-state index in [1.54, 1.807) is 0 Å². The molecule has 0 radical (unpaired) electrons. The first-order valence-corrected chi connectivity index (χ1v) is 9.85. The van der Waals surface area contributed by atoms with E-state index in [0.29, 0.717) is 17.7 Å². The molecule has 2 aliphatic heterocycles. The van der Waals surface area contributed by atoms with Gasteiger partial charge < -0.3 is 10.2 Å². The largest absolute Gasteiger partial charge is 0.335 e. The third kappa shape index (κ3) is 3.68. The summed E-state index contributed by atoms with van der Waals surface area (Å²) in [5.74, 6) is 0.318. The molecule has 1 spiro atoms. The van der Waals surface area contributed by atoms with Gasteiger partial charge in [0.25, 0.3) is 0 Å². The highest BCUT2D eigenvalue weighted by Crippen LogP contribution is 2.41. The smallest absolute Gasteiger partial charge is 0.223 e. The predicted molar refractivity (Wildman–Crippen MR) is 105 cm³/mol. The van der Waals surface area contributed by atoms with E-state index in [-0.39, 0.29) is 6.04 Å². The van der Waals surface area contributed by atoms with Crippen LogP contribution in [-0.4, -0.2) is 30.4 Å². The molecular formula is C23H28N2O. The number of carbonyl (C=O) groups excluding carboxylic acids is 1. The van der Waals surface area contributed by atoms with E-state index >= 15 is 0 Å². The number of nitrogens with zero attached hydrogens (tertiary/aromatic N) is 1. The summed E-state index contributed by atoms with van der Waals surface area (Å²) >= 11 is 0. The first-order valence-electron chi connectivity index (χ1n) is 9.85. The molecule has 1 N–H and O–H groups in total. The van der Waals surface area contributed by atoms with Crippen molar-refractivity contribution in [3.05, 3.63) is 71.8 Å². The van der Waals surface area contributed by atoms with Gasteiger partial charge in [0.2, 0.25) is 5.91 Å². The Balaban J connectivity index is 1.64. The number of piperidine rings is 2. The van der Waals surface area contributed by atoms with Crippen molar-refractivity contribution >= 4 is 5.91 Å². The van der Waals surface area contributed by atoms with Crippen LogP contribution in [0.25, 0.3) is 0 Å². The summed E-state index contributed by atoms with van der Waals surface area (Å²) in [6.07, 6.45) is 4.99. The zero-order valence-electron chi connectivity index (χ0n) is 15.4. The van der Waals surface area contributed by atoms with Crippen molar-refractivity contribution in [3.63, 3.8) is 0 Å². The molecule has 2 heterocycles. The van der Waals surface area contributed by atoms with Crippen LogP contribution in [0, 0.1) is 5.41 Å². The lowest BCUT2D eigenvalue weighted by Crippen LogP contribution is -2.52. The first kappa shape index (κ1) is 17.3. The normalized spacial score (nSPS) is 20.9. The number of benzene rings is 2. The molecule has 2 fully saturated rings. The van der Waals surface area contributed by atoms with Crippen molar-refractivity contribution in [2.24, 2.45) is 5.41 Å². The van der Waals surface area contributed by atoms with Crippen LogP contribution in [0.5, 0.6) is 0 Å². The van der Waals surface area contributed by atoms with Crippen molar-refractivity contribution in [3.8, 4) is 0 Å². The summed E-state index contributed by atoms with van der Waals surface area (Å²) < 4.78 is 0. The van der Waals surface area contributed by atoms with E-state index in [4.69, 9.17) is 0 Å². The third-order valence-corrected chi connectivity index (χ3v) is 6.19. The van der Waals surface area contributed by atoms with Gasteiger partial charge in [0.1, 0.15) is 0 Å². The summed E-state index contributed by atoms with van der Waals surface area (Å²) in [5, 5.41) is 3.48. The molecule has 0 bridgehead atoms. The monoisotopic (exact) mass is 348 g/mol. The fourth-order valence-corrected chi connectivity index (χ4v) is 4.61. The van der Waals surface area contributed by atoms with E-state index in [0.717, 1.165) is 32.5 Å². The summed E-state index contributed by atoms with van der Waals surface area (Å²) in [5.41, 5.74) is 2.85. The van der Waals surface area contributed by atoms with Gasteiger partial charge in [-0.15, -0.1) is 0 Å². The lowest BCUT2D eigenvalue weighted by atomic mass is 9.72. The van der Waals surface area contributed by atoms with Gasteiger partial charge in [-0.2, -0.15) is 0 Å². The highest BCUT2D eigenvalue weighted by atomic mass is 16.2. The van der Waals surface area contributed by atoms with Crippen molar-refractivity contribution in [1.29, 1.82) is 0 Å². The lowest BCUT2D eigenvalue weighted by Gasteiger charge is -2.48. The molecule has 0 saturated carbocycles. The molecule has 3 nitrogen and oxygen atoms in total. The molecule has 4 rings (SSSR count). The SMILES string of the molecule is O=C1CCC2(CCNCC2)CN1[C@@H](Cc1ccccc1)c1ccccc1. The zero-order valence-corrected chi connectivity index (χ0v) is 15.4. The molecule has 2 aromatic rings. The average Bonchev–Trinajstić information content (AvgIpc) is 2.71. The van der Waals surface area contributed by atoms with Gasteiger partial charge in [0.15, 0.2) is 0 Å². The van der Waals surface area contributed by atoms with Crippen molar-refractivity contribution in [2.45, 2.75) is 38.1 Å². The summed E-state index contributed by atoms with van der Waals surface area (Å²) in [6.45, 7) is 3.06. The summed E-state index contributed by atoms with van der Waals surface area (Å²) in [7, 11) is 0. The van der Waals surface area contributed by atoms with Crippen LogP contribution in [0.4, 0.5) is 0 Å². The molecule has 3 heteroatoms. The van der Waals surface area contributed by atoms with Gasteiger partial charge in [-0.25, -0.2) is 0 Å². The number of hydrogen-bond acceptors (Lipinski definition) is 2. The summed E-state index contributed by atoms with van der Waals surface area (Å²) in [6, 6.07) is 21.3. The Hall–Kier alpha value is -2.13. The van der Waals surface area contributed by atoms with Crippen LogP contribution in [0.15, 0.2) is 60.7 Å². The lowest BCUT2D eigenvalue weighted by molar-refractivity contribution is -0.141.